The van der Waals surface area contributed by atoms with Gasteiger partial charge in [-0.1, -0.05) is 11.8 Å². The van der Waals surface area contributed by atoms with Gasteiger partial charge in [0.15, 0.2) is 0 Å². The van der Waals surface area contributed by atoms with Crippen molar-refractivity contribution in [1.29, 1.82) is 0 Å². The molecule has 0 radical (unpaired) electrons. The Hall–Kier alpha value is -2.16. The molecule has 0 spiro atoms. The number of carbonyl (C=O) groups is 1. The molecule has 1 amide bonds. The molecule has 0 aliphatic carbocycles. The summed E-state index contributed by atoms with van der Waals surface area (Å²) in [6, 6.07) is 7.05. The zero-order valence-electron chi connectivity index (χ0n) is 12.0. The summed E-state index contributed by atoms with van der Waals surface area (Å²) in [7, 11) is 0. The first-order valence-corrected chi connectivity index (χ1v) is 7.50. The average molecular weight is 299 g/mol. The molecule has 5 heteroatoms. The molecule has 3 N–H and O–H groups in total. The number of nitrogens with two attached hydrogens (primary N) is 1. The second kappa shape index (κ2) is 7.02. The molecule has 21 heavy (non-hydrogen) atoms. The van der Waals surface area contributed by atoms with E-state index < -0.39 is 0 Å². The normalized spacial score (nSPS) is 11.4. The van der Waals surface area contributed by atoms with Gasteiger partial charge in [-0.3, -0.25) is 4.79 Å². The van der Waals surface area contributed by atoms with Gasteiger partial charge in [0.2, 0.25) is 0 Å². The number of carbonyl (C=O) groups excluding carboxylic acids is 1. The first-order chi connectivity index (χ1) is 10.1. The number of nitrogens with one attached hydrogen (secondary N) is 1. The molecule has 1 unspecified atom stereocenters. The van der Waals surface area contributed by atoms with Gasteiger partial charge in [0.25, 0.3) is 5.91 Å². The van der Waals surface area contributed by atoms with Crippen LogP contribution >= 0.6 is 11.3 Å². The number of aromatic nitrogens is 1. The fraction of sp³-hybridized carbons (Fsp3) is 0.250. The highest BCUT2D eigenvalue weighted by Gasteiger charge is 2.13. The van der Waals surface area contributed by atoms with Crippen molar-refractivity contribution in [2.45, 2.75) is 19.9 Å². The van der Waals surface area contributed by atoms with Gasteiger partial charge in [0, 0.05) is 22.2 Å². The summed E-state index contributed by atoms with van der Waals surface area (Å²) in [5.41, 5.74) is 7.75. The van der Waals surface area contributed by atoms with E-state index in [1.807, 2.05) is 31.4 Å². The van der Waals surface area contributed by atoms with Gasteiger partial charge in [-0.05, 0) is 38.1 Å². The van der Waals surface area contributed by atoms with Crippen LogP contribution < -0.4 is 11.1 Å². The number of aryl methyl sites for hydroxylation is 1. The van der Waals surface area contributed by atoms with E-state index in [1.54, 1.807) is 23.5 Å². The summed E-state index contributed by atoms with van der Waals surface area (Å²) in [6.07, 6.45) is 0. The van der Waals surface area contributed by atoms with E-state index in [4.69, 9.17) is 5.73 Å². The quantitative estimate of drug-likeness (QED) is 0.854. The van der Waals surface area contributed by atoms with Crippen molar-refractivity contribution in [2.75, 3.05) is 6.54 Å². The first kappa shape index (κ1) is 15.2. The standard InChI is InChI=1S/C16H17N3OS/c1-11-10-21-16(18-11)12(2)19-15(20)14-7-5-13(6-8-14)4-3-9-17/h5-8,10,12H,9,17H2,1-2H3,(H,19,20). The van der Waals surface area contributed by atoms with Gasteiger partial charge in [0.1, 0.15) is 5.01 Å². The van der Waals surface area contributed by atoms with Crippen LogP contribution in [0.1, 0.15) is 39.6 Å². The van der Waals surface area contributed by atoms with Crippen LogP contribution in [0.4, 0.5) is 0 Å². The highest BCUT2D eigenvalue weighted by molar-refractivity contribution is 7.09. The van der Waals surface area contributed by atoms with E-state index in [0.717, 1.165) is 16.3 Å². The summed E-state index contributed by atoms with van der Waals surface area (Å²) >= 11 is 1.55. The van der Waals surface area contributed by atoms with E-state index in [9.17, 15) is 4.79 Å². The van der Waals surface area contributed by atoms with Crippen LogP contribution in [0.15, 0.2) is 29.6 Å². The molecule has 2 aromatic rings. The Morgan fingerprint density at radius 1 is 1.43 bits per heavy atom. The lowest BCUT2D eigenvalue weighted by atomic mass is 10.1. The molecular weight excluding hydrogens is 282 g/mol. The molecule has 1 heterocycles. The van der Waals surface area contributed by atoms with Crippen LogP contribution in [0, 0.1) is 18.8 Å². The molecule has 2 rings (SSSR count). The number of amides is 1. The van der Waals surface area contributed by atoms with Crippen molar-refractivity contribution >= 4 is 17.2 Å². The lowest BCUT2D eigenvalue weighted by molar-refractivity contribution is 0.0940. The molecule has 0 bridgehead atoms. The van der Waals surface area contributed by atoms with Crippen molar-refractivity contribution in [3.8, 4) is 11.8 Å². The second-order valence-electron chi connectivity index (χ2n) is 4.61. The number of benzene rings is 1. The highest BCUT2D eigenvalue weighted by atomic mass is 32.1. The Kier molecular flexibility index (Phi) is 5.09. The van der Waals surface area contributed by atoms with E-state index in [2.05, 4.69) is 22.1 Å². The van der Waals surface area contributed by atoms with Crippen LogP contribution in [0.2, 0.25) is 0 Å². The molecule has 4 nitrogen and oxygen atoms in total. The maximum absolute atomic E-state index is 12.2. The predicted molar refractivity (Wildman–Crippen MR) is 85.1 cm³/mol. The summed E-state index contributed by atoms with van der Waals surface area (Å²) in [5, 5.41) is 5.83. The van der Waals surface area contributed by atoms with Crippen molar-refractivity contribution in [3.05, 3.63) is 51.5 Å². The SMILES string of the molecule is Cc1csc(C(C)NC(=O)c2ccc(C#CCN)cc2)n1. The molecule has 1 atom stereocenters. The molecule has 0 saturated heterocycles. The molecule has 0 aliphatic rings. The fourth-order valence-corrected chi connectivity index (χ4v) is 2.57. The third-order valence-electron chi connectivity index (χ3n) is 2.84. The maximum atomic E-state index is 12.2. The second-order valence-corrected chi connectivity index (χ2v) is 5.50. The smallest absolute Gasteiger partial charge is 0.251 e. The summed E-state index contributed by atoms with van der Waals surface area (Å²) < 4.78 is 0. The number of hydrogen-bond acceptors (Lipinski definition) is 4. The van der Waals surface area contributed by atoms with Crippen LogP contribution in [0.25, 0.3) is 0 Å². The summed E-state index contributed by atoms with van der Waals surface area (Å²) in [4.78, 5) is 16.5. The number of nitrogens with zero attached hydrogens (tertiary/aromatic N) is 1. The Labute approximate surface area is 128 Å². The van der Waals surface area contributed by atoms with Gasteiger partial charge in [0.05, 0.1) is 12.6 Å². The summed E-state index contributed by atoms with van der Waals surface area (Å²) in [5.74, 6) is 5.59. The van der Waals surface area contributed by atoms with Gasteiger partial charge in [-0.25, -0.2) is 4.98 Å². The third kappa shape index (κ3) is 4.15. The lowest BCUT2D eigenvalue weighted by Gasteiger charge is -2.11. The molecule has 0 aliphatic heterocycles. The van der Waals surface area contributed by atoms with Gasteiger partial charge >= 0.3 is 0 Å². The Morgan fingerprint density at radius 2 is 2.14 bits per heavy atom. The van der Waals surface area contributed by atoms with E-state index in [-0.39, 0.29) is 11.9 Å². The van der Waals surface area contributed by atoms with E-state index in [1.165, 1.54) is 0 Å². The van der Waals surface area contributed by atoms with Crippen molar-refractivity contribution in [3.63, 3.8) is 0 Å². The molecule has 108 valence electrons. The van der Waals surface area contributed by atoms with Gasteiger partial charge in [-0.2, -0.15) is 0 Å². The highest BCUT2D eigenvalue weighted by Crippen LogP contribution is 2.18. The van der Waals surface area contributed by atoms with Crippen molar-refractivity contribution in [1.82, 2.24) is 10.3 Å². The number of hydrogen-bond donors (Lipinski definition) is 2. The van der Waals surface area contributed by atoms with E-state index >= 15 is 0 Å². The monoisotopic (exact) mass is 299 g/mol. The average Bonchev–Trinajstić information content (AvgIpc) is 2.92. The minimum atomic E-state index is -0.117. The molecule has 0 fully saturated rings. The van der Waals surface area contributed by atoms with Crippen LogP contribution in [0.5, 0.6) is 0 Å². The Balaban J connectivity index is 2.03. The third-order valence-corrected chi connectivity index (χ3v) is 3.98. The van der Waals surface area contributed by atoms with E-state index in [0.29, 0.717) is 12.1 Å². The maximum Gasteiger partial charge on any atom is 0.251 e. The minimum absolute atomic E-state index is 0.104. The van der Waals surface area contributed by atoms with Crippen molar-refractivity contribution < 1.29 is 4.79 Å². The predicted octanol–water partition coefficient (Wildman–Crippen LogP) is 2.25. The van der Waals surface area contributed by atoms with Crippen LogP contribution in [-0.2, 0) is 0 Å². The lowest BCUT2D eigenvalue weighted by Crippen LogP contribution is -2.26. The fourth-order valence-electron chi connectivity index (χ4n) is 1.77. The van der Waals surface area contributed by atoms with Gasteiger partial charge in [-0.15, -0.1) is 11.3 Å². The summed E-state index contributed by atoms with van der Waals surface area (Å²) in [6.45, 7) is 4.19. The molecular formula is C16H17N3OS. The largest absolute Gasteiger partial charge is 0.343 e. The molecule has 0 saturated carbocycles. The van der Waals surface area contributed by atoms with Crippen LogP contribution in [0.3, 0.4) is 0 Å². The van der Waals surface area contributed by atoms with Crippen LogP contribution in [-0.4, -0.2) is 17.4 Å². The number of rotatable bonds is 3. The Bertz CT molecular complexity index is 680. The topological polar surface area (TPSA) is 68.0 Å². The van der Waals surface area contributed by atoms with Crippen molar-refractivity contribution in [2.24, 2.45) is 5.73 Å². The molecule has 1 aromatic heterocycles. The Morgan fingerprint density at radius 3 is 2.71 bits per heavy atom. The molecule has 1 aromatic carbocycles. The number of thiazole rings is 1. The first-order valence-electron chi connectivity index (χ1n) is 6.62. The van der Waals surface area contributed by atoms with Gasteiger partial charge < -0.3 is 11.1 Å². The zero-order chi connectivity index (χ0) is 15.2. The minimum Gasteiger partial charge on any atom is -0.343 e. The zero-order valence-corrected chi connectivity index (χ0v) is 12.8.